The van der Waals surface area contributed by atoms with Crippen LogP contribution in [0.25, 0.3) is 6.08 Å². The average molecular weight is 429 g/mol. The molecule has 30 heavy (non-hydrogen) atoms. The fraction of sp³-hybridized carbons (Fsp3) is 0.190. The summed E-state index contributed by atoms with van der Waals surface area (Å²) in [5.74, 6) is 0.490. The van der Waals surface area contributed by atoms with Crippen LogP contribution >= 0.6 is 11.8 Å². The number of thioether (sulfide) groups is 1. The number of furan rings is 1. The summed E-state index contributed by atoms with van der Waals surface area (Å²) in [5, 5.41) is -0.331. The van der Waals surface area contributed by atoms with Gasteiger partial charge in [0.05, 0.1) is 19.1 Å². The first-order valence-corrected chi connectivity index (χ1v) is 9.62. The molecule has 0 radical (unpaired) electrons. The molecule has 0 aliphatic carbocycles. The third-order valence-corrected chi connectivity index (χ3v) is 5.00. The Morgan fingerprint density at radius 3 is 2.70 bits per heavy atom. The second-order valence-electron chi connectivity index (χ2n) is 6.04. The van der Waals surface area contributed by atoms with Crippen LogP contribution in [0.15, 0.2) is 52.3 Å². The molecule has 0 N–H and O–H groups in total. The van der Waals surface area contributed by atoms with Crippen molar-refractivity contribution < 1.29 is 33.0 Å². The van der Waals surface area contributed by atoms with E-state index < -0.39 is 5.97 Å². The molecular weight excluding hydrogens is 410 g/mol. The van der Waals surface area contributed by atoms with Crippen molar-refractivity contribution in [2.45, 2.75) is 6.61 Å². The smallest absolute Gasteiger partial charge is 0.373 e. The molecule has 0 atom stereocenters. The largest absolute Gasteiger partial charge is 0.493 e. The van der Waals surface area contributed by atoms with Crippen LogP contribution in [-0.2, 0) is 16.1 Å². The van der Waals surface area contributed by atoms with Crippen LogP contribution in [0.5, 0.6) is 11.5 Å². The highest BCUT2D eigenvalue weighted by atomic mass is 32.2. The van der Waals surface area contributed by atoms with Gasteiger partial charge in [0.25, 0.3) is 11.1 Å². The third-order valence-electron chi connectivity index (χ3n) is 4.09. The lowest BCUT2D eigenvalue weighted by atomic mass is 10.2. The van der Waals surface area contributed by atoms with E-state index in [9.17, 15) is 14.4 Å². The number of hydrogen-bond donors (Lipinski definition) is 0. The second-order valence-corrected chi connectivity index (χ2v) is 7.03. The summed E-state index contributed by atoms with van der Waals surface area (Å²) in [5.41, 5.74) is 0.675. The minimum atomic E-state index is -0.569. The Kier molecular flexibility index (Phi) is 6.63. The summed E-state index contributed by atoms with van der Waals surface area (Å²) in [6, 6.07) is 8.24. The van der Waals surface area contributed by atoms with Crippen molar-refractivity contribution in [3.8, 4) is 11.5 Å². The molecule has 0 unspecified atom stereocenters. The van der Waals surface area contributed by atoms with Crippen molar-refractivity contribution in [1.82, 2.24) is 4.90 Å². The molecule has 3 rings (SSSR count). The quantitative estimate of drug-likeness (QED) is 0.354. The number of carbonyl (C=O) groups excluding carboxylic acids is 3. The average Bonchev–Trinajstić information content (AvgIpc) is 3.33. The van der Waals surface area contributed by atoms with Gasteiger partial charge >= 0.3 is 5.97 Å². The zero-order chi connectivity index (χ0) is 21.7. The van der Waals surface area contributed by atoms with Gasteiger partial charge in [-0.15, -0.1) is 6.58 Å². The Morgan fingerprint density at radius 1 is 1.20 bits per heavy atom. The minimum Gasteiger partial charge on any atom is -0.493 e. The third kappa shape index (κ3) is 4.57. The number of rotatable bonds is 8. The number of benzene rings is 1. The van der Waals surface area contributed by atoms with E-state index in [0.29, 0.717) is 27.7 Å². The van der Waals surface area contributed by atoms with Gasteiger partial charge in [0.15, 0.2) is 11.5 Å². The van der Waals surface area contributed by atoms with Crippen molar-refractivity contribution >= 4 is 35.0 Å². The first-order valence-electron chi connectivity index (χ1n) is 8.81. The van der Waals surface area contributed by atoms with Gasteiger partial charge in [-0.2, -0.15) is 0 Å². The molecule has 2 heterocycles. The topological polar surface area (TPSA) is 95.3 Å². The Hall–Kier alpha value is -3.46. The predicted molar refractivity (Wildman–Crippen MR) is 110 cm³/mol. The van der Waals surface area contributed by atoms with Gasteiger partial charge < -0.3 is 18.6 Å². The van der Waals surface area contributed by atoms with Crippen molar-refractivity contribution in [2.75, 3.05) is 20.8 Å². The Bertz CT molecular complexity index is 1020. The highest BCUT2D eigenvalue weighted by Crippen LogP contribution is 2.34. The number of amides is 2. The second kappa shape index (κ2) is 9.36. The minimum absolute atomic E-state index is 0.0765. The molecule has 1 saturated heterocycles. The van der Waals surface area contributed by atoms with Gasteiger partial charge in [0, 0.05) is 6.54 Å². The van der Waals surface area contributed by atoms with E-state index in [4.69, 9.17) is 13.9 Å². The first kappa shape index (κ1) is 21.3. The molecule has 0 bridgehead atoms. The lowest BCUT2D eigenvalue weighted by Gasteiger charge is -2.11. The van der Waals surface area contributed by atoms with E-state index in [2.05, 4.69) is 11.3 Å². The van der Waals surface area contributed by atoms with Crippen molar-refractivity contribution in [3.63, 3.8) is 0 Å². The number of imide groups is 1. The summed E-state index contributed by atoms with van der Waals surface area (Å²) >= 11 is 0.877. The molecule has 1 aromatic carbocycles. The maximum Gasteiger partial charge on any atom is 0.373 e. The van der Waals surface area contributed by atoms with E-state index in [-0.39, 0.29) is 30.1 Å². The standard InChI is InChI=1S/C21H19NO7S/c1-4-9-22-19(23)18(30-21(22)25)11-13-5-7-15(17(10-13)26-2)28-12-14-6-8-16(29-14)20(24)27-3/h4-8,10-11H,1,9,12H2,2-3H3. The fourth-order valence-corrected chi connectivity index (χ4v) is 3.49. The van der Waals surface area contributed by atoms with Crippen LogP contribution in [-0.4, -0.2) is 42.8 Å². The van der Waals surface area contributed by atoms with Crippen molar-refractivity contribution in [1.29, 1.82) is 0 Å². The molecule has 156 valence electrons. The highest BCUT2D eigenvalue weighted by molar-refractivity contribution is 8.18. The monoisotopic (exact) mass is 429 g/mol. The molecule has 1 aliphatic heterocycles. The van der Waals surface area contributed by atoms with E-state index in [1.54, 1.807) is 30.3 Å². The van der Waals surface area contributed by atoms with Gasteiger partial charge in [-0.3, -0.25) is 14.5 Å². The van der Waals surface area contributed by atoms with Crippen molar-refractivity contribution in [3.05, 3.63) is 65.0 Å². The first-order chi connectivity index (χ1) is 14.5. The van der Waals surface area contributed by atoms with Gasteiger partial charge in [0.2, 0.25) is 5.76 Å². The van der Waals surface area contributed by atoms with Crippen LogP contribution in [0.4, 0.5) is 4.79 Å². The zero-order valence-electron chi connectivity index (χ0n) is 16.4. The van der Waals surface area contributed by atoms with Gasteiger partial charge in [-0.25, -0.2) is 4.79 Å². The molecule has 1 aromatic heterocycles. The summed E-state index contributed by atoms with van der Waals surface area (Å²) < 4.78 is 21.0. The fourth-order valence-electron chi connectivity index (χ4n) is 2.65. The molecule has 2 amide bonds. The molecule has 8 nitrogen and oxygen atoms in total. The molecule has 1 fully saturated rings. The lowest BCUT2D eigenvalue weighted by Crippen LogP contribution is -2.27. The number of methoxy groups -OCH3 is 2. The van der Waals surface area contributed by atoms with Crippen molar-refractivity contribution in [2.24, 2.45) is 0 Å². The Morgan fingerprint density at radius 2 is 2.00 bits per heavy atom. The van der Waals surface area contributed by atoms with Crippen LogP contribution in [0, 0.1) is 0 Å². The van der Waals surface area contributed by atoms with E-state index >= 15 is 0 Å². The normalized spacial score (nSPS) is 14.9. The molecule has 2 aromatic rings. The van der Waals surface area contributed by atoms with E-state index in [0.717, 1.165) is 16.7 Å². The molecular formula is C21H19NO7S. The van der Waals surface area contributed by atoms with Gasteiger partial charge in [-0.05, 0) is 47.7 Å². The van der Waals surface area contributed by atoms with Gasteiger partial charge in [-0.1, -0.05) is 12.1 Å². The maximum absolute atomic E-state index is 12.3. The zero-order valence-corrected chi connectivity index (χ0v) is 17.2. The van der Waals surface area contributed by atoms with E-state index in [1.807, 2.05) is 0 Å². The summed E-state index contributed by atoms with van der Waals surface area (Å²) in [4.78, 5) is 37.2. The van der Waals surface area contributed by atoms with Crippen LogP contribution in [0.1, 0.15) is 21.9 Å². The predicted octanol–water partition coefficient (Wildman–Crippen LogP) is 3.88. The maximum atomic E-state index is 12.3. The summed E-state index contributed by atoms with van der Waals surface area (Å²) in [7, 11) is 2.76. The van der Waals surface area contributed by atoms with Crippen LogP contribution in [0.3, 0.4) is 0 Å². The Labute approximate surface area is 177 Å². The summed E-state index contributed by atoms with van der Waals surface area (Å²) in [6.07, 6.45) is 3.12. The van der Waals surface area contributed by atoms with Crippen LogP contribution in [0.2, 0.25) is 0 Å². The number of carbonyl (C=O) groups is 3. The van der Waals surface area contributed by atoms with E-state index in [1.165, 1.54) is 26.4 Å². The lowest BCUT2D eigenvalue weighted by molar-refractivity contribution is -0.122. The molecule has 9 heteroatoms. The Balaban J connectivity index is 1.73. The summed E-state index contributed by atoms with van der Waals surface area (Å²) in [6.45, 7) is 3.80. The van der Waals surface area contributed by atoms with Gasteiger partial charge in [0.1, 0.15) is 12.4 Å². The number of nitrogens with zero attached hydrogens (tertiary/aromatic N) is 1. The highest BCUT2D eigenvalue weighted by Gasteiger charge is 2.34. The SMILES string of the molecule is C=CCN1C(=O)SC(=Cc2ccc(OCc3ccc(C(=O)OC)o3)c(OC)c2)C1=O. The molecule has 1 aliphatic rings. The molecule has 0 saturated carbocycles. The number of esters is 1. The number of hydrogen-bond acceptors (Lipinski definition) is 8. The molecule has 0 spiro atoms. The number of ether oxygens (including phenoxy) is 3. The van der Waals surface area contributed by atoms with Crippen LogP contribution < -0.4 is 9.47 Å².